The second kappa shape index (κ2) is 6.91. The predicted molar refractivity (Wildman–Crippen MR) is 38.8 cm³/mol. The van der Waals surface area contributed by atoms with Gasteiger partial charge in [-0.15, -0.1) is 0 Å². The maximum Gasteiger partial charge on any atom is 0.264 e. The fourth-order valence-electron chi connectivity index (χ4n) is 0.327. The quantitative estimate of drug-likeness (QED) is 0.626. The van der Waals surface area contributed by atoms with E-state index in [4.69, 9.17) is 4.55 Å². The van der Waals surface area contributed by atoms with E-state index in [-0.39, 0.29) is 16.6 Å². The lowest BCUT2D eigenvalue weighted by molar-refractivity contribution is 0.480. The Morgan fingerprint density at radius 2 is 1.80 bits per heavy atom. The molecule has 4 N–H and O–H groups in total. The Hall–Kier alpha value is -0.200. The lowest BCUT2D eigenvalue weighted by Gasteiger charge is -1.90. The van der Waals surface area contributed by atoms with Crippen LogP contribution >= 0.6 is 0 Å². The molecule has 6 heteroatoms. The Labute approximate surface area is 60.3 Å². The summed E-state index contributed by atoms with van der Waals surface area (Å²) in [4.78, 5) is 0. The number of halogens is 1. The van der Waals surface area contributed by atoms with Gasteiger partial charge in [0.1, 0.15) is 0 Å². The molecule has 0 heterocycles. The molecule has 0 atom stereocenters. The fourth-order valence-corrected chi connectivity index (χ4v) is 0.980. The molecule has 0 aliphatic rings. The third kappa shape index (κ3) is 15.7. The van der Waals surface area contributed by atoms with E-state index < -0.39 is 10.1 Å². The average Bonchev–Trinajstić information content (AvgIpc) is 1.59. The summed E-state index contributed by atoms with van der Waals surface area (Å²) in [6.07, 6.45) is 1.33. The molecule has 0 aromatic rings. The molecule has 0 bridgehead atoms. The van der Waals surface area contributed by atoms with Crippen LogP contribution in [0.2, 0.25) is 0 Å². The predicted octanol–water partition coefficient (Wildman–Crippen LogP) is 0.989. The highest BCUT2D eigenvalue weighted by atomic mass is 32.2. The summed E-state index contributed by atoms with van der Waals surface area (Å²) in [6, 6.07) is 0. The van der Waals surface area contributed by atoms with E-state index in [1.807, 2.05) is 6.92 Å². The molecular formula is C4H14FNO3S. The van der Waals surface area contributed by atoms with Gasteiger partial charge in [0.25, 0.3) is 10.1 Å². The maximum absolute atomic E-state index is 9.95. The third-order valence-electron chi connectivity index (χ3n) is 0.756. The van der Waals surface area contributed by atoms with Crippen molar-refractivity contribution in [2.24, 2.45) is 0 Å². The van der Waals surface area contributed by atoms with Crippen molar-refractivity contribution in [1.29, 1.82) is 0 Å². The van der Waals surface area contributed by atoms with E-state index in [1.54, 1.807) is 0 Å². The number of rotatable bonds is 3. The van der Waals surface area contributed by atoms with Gasteiger partial charge in [-0.2, -0.15) is 8.42 Å². The highest BCUT2D eigenvalue weighted by Gasteiger charge is 2.00. The van der Waals surface area contributed by atoms with Crippen molar-refractivity contribution in [1.82, 2.24) is 6.15 Å². The van der Waals surface area contributed by atoms with Gasteiger partial charge in [-0.3, -0.25) is 9.26 Å². The van der Waals surface area contributed by atoms with Crippen LogP contribution in [0.25, 0.3) is 0 Å². The van der Waals surface area contributed by atoms with Crippen molar-refractivity contribution in [3.8, 4) is 0 Å². The fraction of sp³-hybridized carbons (Fsp3) is 1.00. The Kier molecular flexibility index (Phi) is 11.3. The summed E-state index contributed by atoms with van der Waals surface area (Å²) < 4.78 is 28.0. The van der Waals surface area contributed by atoms with Gasteiger partial charge in [-0.1, -0.05) is 13.3 Å². The molecule has 0 fully saturated rings. The van der Waals surface area contributed by atoms with Crippen LogP contribution in [-0.4, -0.2) is 18.7 Å². The SMILES string of the molecule is CCCCS(=O)(=O)O.F.N. The van der Waals surface area contributed by atoms with Crippen molar-refractivity contribution in [2.75, 3.05) is 5.75 Å². The molecule has 0 rings (SSSR count). The van der Waals surface area contributed by atoms with E-state index in [1.165, 1.54) is 0 Å². The van der Waals surface area contributed by atoms with Crippen LogP contribution in [-0.2, 0) is 10.1 Å². The van der Waals surface area contributed by atoms with Gasteiger partial charge in [0.2, 0.25) is 0 Å². The summed E-state index contributed by atoms with van der Waals surface area (Å²) in [7, 11) is -3.69. The first-order valence-electron chi connectivity index (χ1n) is 2.51. The summed E-state index contributed by atoms with van der Waals surface area (Å²) in [6.45, 7) is 1.87. The summed E-state index contributed by atoms with van der Waals surface area (Å²) in [5.41, 5.74) is 0. The summed E-state index contributed by atoms with van der Waals surface area (Å²) >= 11 is 0. The molecule has 0 saturated carbocycles. The summed E-state index contributed by atoms with van der Waals surface area (Å²) in [5.74, 6) is -0.108. The number of unbranched alkanes of at least 4 members (excludes halogenated alkanes) is 1. The smallest absolute Gasteiger partial charge is 0.264 e. The molecule has 0 unspecified atom stereocenters. The lowest BCUT2D eigenvalue weighted by atomic mass is 10.4. The van der Waals surface area contributed by atoms with Crippen LogP contribution in [0, 0.1) is 0 Å². The topological polar surface area (TPSA) is 89.4 Å². The normalized spacial score (nSPS) is 9.40. The van der Waals surface area contributed by atoms with Crippen molar-refractivity contribution in [2.45, 2.75) is 19.8 Å². The van der Waals surface area contributed by atoms with Crippen molar-refractivity contribution < 1.29 is 17.7 Å². The van der Waals surface area contributed by atoms with Gasteiger partial charge < -0.3 is 6.15 Å². The molecule has 10 heavy (non-hydrogen) atoms. The highest BCUT2D eigenvalue weighted by molar-refractivity contribution is 7.85. The number of hydrogen-bond acceptors (Lipinski definition) is 3. The van der Waals surface area contributed by atoms with Gasteiger partial charge in [-0.25, -0.2) is 0 Å². The van der Waals surface area contributed by atoms with Crippen LogP contribution in [0.15, 0.2) is 0 Å². The Balaban J connectivity index is -0.000000245. The van der Waals surface area contributed by atoms with Crippen molar-refractivity contribution in [3.05, 3.63) is 0 Å². The molecule has 66 valence electrons. The zero-order valence-corrected chi connectivity index (χ0v) is 6.73. The van der Waals surface area contributed by atoms with Crippen LogP contribution < -0.4 is 6.15 Å². The van der Waals surface area contributed by atoms with Crippen molar-refractivity contribution >= 4 is 10.1 Å². The Bertz CT molecular complexity index is 145. The number of hydrogen-bond donors (Lipinski definition) is 2. The zero-order chi connectivity index (χ0) is 6.62. The molecule has 0 amide bonds. The van der Waals surface area contributed by atoms with E-state index in [2.05, 4.69) is 0 Å². The molecule has 0 aromatic carbocycles. The second-order valence-electron chi connectivity index (χ2n) is 1.64. The Morgan fingerprint density at radius 1 is 1.40 bits per heavy atom. The average molecular weight is 175 g/mol. The van der Waals surface area contributed by atoms with Gasteiger partial charge in [0, 0.05) is 0 Å². The van der Waals surface area contributed by atoms with E-state index in [9.17, 15) is 8.42 Å². The Morgan fingerprint density at radius 3 is 1.90 bits per heavy atom. The molecule has 0 spiro atoms. The van der Waals surface area contributed by atoms with Gasteiger partial charge >= 0.3 is 0 Å². The monoisotopic (exact) mass is 175 g/mol. The minimum atomic E-state index is -3.69. The molecule has 4 nitrogen and oxygen atoms in total. The van der Waals surface area contributed by atoms with Crippen LogP contribution in [0.1, 0.15) is 19.8 Å². The first-order valence-corrected chi connectivity index (χ1v) is 4.12. The minimum Gasteiger partial charge on any atom is -0.344 e. The molecule has 0 saturated heterocycles. The van der Waals surface area contributed by atoms with E-state index in [0.29, 0.717) is 6.42 Å². The largest absolute Gasteiger partial charge is 0.344 e. The minimum absolute atomic E-state index is 0. The van der Waals surface area contributed by atoms with Crippen LogP contribution in [0.5, 0.6) is 0 Å². The van der Waals surface area contributed by atoms with E-state index >= 15 is 0 Å². The zero-order valence-electron chi connectivity index (χ0n) is 5.91. The van der Waals surface area contributed by atoms with Crippen molar-refractivity contribution in [3.63, 3.8) is 0 Å². The standard InChI is InChI=1S/C4H10O3S.FH.H3N/c1-2-3-4-8(5,6)7;;/h2-4H2,1H3,(H,5,6,7);1H;1H3. The molecule has 0 radical (unpaired) electrons. The summed E-state index contributed by atoms with van der Waals surface area (Å²) in [5, 5.41) is 0. The van der Waals surface area contributed by atoms with Gasteiger partial charge in [0.15, 0.2) is 0 Å². The maximum atomic E-state index is 9.95. The molecule has 0 aromatic heterocycles. The van der Waals surface area contributed by atoms with Gasteiger partial charge in [-0.05, 0) is 6.42 Å². The molecular weight excluding hydrogens is 161 g/mol. The van der Waals surface area contributed by atoms with Crippen LogP contribution in [0.3, 0.4) is 0 Å². The third-order valence-corrected chi connectivity index (χ3v) is 1.56. The molecule has 0 aliphatic heterocycles. The van der Waals surface area contributed by atoms with Crippen LogP contribution in [0.4, 0.5) is 4.70 Å². The second-order valence-corrected chi connectivity index (χ2v) is 3.21. The first kappa shape index (κ1) is 16.4. The first-order chi connectivity index (χ1) is 3.56. The lowest BCUT2D eigenvalue weighted by Crippen LogP contribution is -2.02. The molecule has 0 aliphatic carbocycles. The van der Waals surface area contributed by atoms with E-state index in [0.717, 1.165) is 6.42 Å². The highest BCUT2D eigenvalue weighted by Crippen LogP contribution is 1.90. The van der Waals surface area contributed by atoms with Gasteiger partial charge in [0.05, 0.1) is 5.75 Å².